The molecule has 1 aromatic heterocycles. The Morgan fingerprint density at radius 2 is 2.31 bits per heavy atom. The number of nitrogens with zero attached hydrogens (tertiary/aromatic N) is 1. The number of aromatic nitrogens is 1. The van der Waals surface area contributed by atoms with Gasteiger partial charge in [-0.3, -0.25) is 0 Å². The van der Waals surface area contributed by atoms with Crippen molar-refractivity contribution in [3.8, 4) is 0 Å². The zero-order valence-corrected chi connectivity index (χ0v) is 9.66. The maximum Gasteiger partial charge on any atom is 0.295 e. The Morgan fingerprint density at radius 1 is 1.50 bits per heavy atom. The van der Waals surface area contributed by atoms with Gasteiger partial charge in [0.1, 0.15) is 5.52 Å². The van der Waals surface area contributed by atoms with Gasteiger partial charge in [0.2, 0.25) is 0 Å². The van der Waals surface area contributed by atoms with E-state index in [-0.39, 0.29) is 0 Å². The van der Waals surface area contributed by atoms with Crippen LogP contribution in [-0.4, -0.2) is 11.0 Å². The van der Waals surface area contributed by atoms with Gasteiger partial charge >= 0.3 is 0 Å². The maximum atomic E-state index is 5.67. The van der Waals surface area contributed by atoms with Gasteiger partial charge in [-0.2, -0.15) is 4.98 Å². The van der Waals surface area contributed by atoms with Gasteiger partial charge in [0.15, 0.2) is 5.58 Å². The number of hydrogen-bond acceptors (Lipinski definition) is 4. The summed E-state index contributed by atoms with van der Waals surface area (Å²) in [6, 6.07) is 6.42. The fourth-order valence-corrected chi connectivity index (χ4v) is 1.72. The summed E-state index contributed by atoms with van der Waals surface area (Å²) in [5, 5.41) is 3.23. The molecule has 0 radical (unpaired) electrons. The van der Waals surface area contributed by atoms with Crippen molar-refractivity contribution in [2.75, 3.05) is 11.1 Å². The van der Waals surface area contributed by atoms with Crippen LogP contribution in [0.2, 0.25) is 0 Å². The molecule has 86 valence electrons. The van der Waals surface area contributed by atoms with Crippen molar-refractivity contribution in [2.45, 2.75) is 32.7 Å². The van der Waals surface area contributed by atoms with Crippen LogP contribution in [0.4, 0.5) is 11.7 Å². The molecule has 3 N–H and O–H groups in total. The number of anilines is 2. The van der Waals surface area contributed by atoms with Gasteiger partial charge in [0.05, 0.1) is 0 Å². The fourth-order valence-electron chi connectivity index (χ4n) is 1.72. The Bertz CT molecular complexity index is 478. The van der Waals surface area contributed by atoms with Crippen LogP contribution >= 0.6 is 0 Å². The van der Waals surface area contributed by atoms with E-state index in [2.05, 4.69) is 24.1 Å². The zero-order chi connectivity index (χ0) is 11.5. The van der Waals surface area contributed by atoms with Crippen molar-refractivity contribution in [3.05, 3.63) is 18.2 Å². The molecule has 0 saturated heterocycles. The average molecular weight is 219 g/mol. The minimum absolute atomic E-state index is 0.371. The second-order valence-corrected chi connectivity index (χ2v) is 4.08. The second-order valence-electron chi connectivity index (χ2n) is 4.08. The van der Waals surface area contributed by atoms with Gasteiger partial charge in [-0.15, -0.1) is 0 Å². The molecule has 1 heterocycles. The van der Waals surface area contributed by atoms with Crippen LogP contribution in [0, 0.1) is 0 Å². The van der Waals surface area contributed by atoms with Crippen molar-refractivity contribution < 1.29 is 4.42 Å². The first-order valence-corrected chi connectivity index (χ1v) is 5.61. The molecule has 0 saturated carbocycles. The first-order chi connectivity index (χ1) is 7.69. The van der Waals surface area contributed by atoms with E-state index in [9.17, 15) is 0 Å². The quantitative estimate of drug-likeness (QED) is 0.776. The summed E-state index contributed by atoms with van der Waals surface area (Å²) in [4.78, 5) is 4.34. The Morgan fingerprint density at radius 3 is 3.06 bits per heavy atom. The number of nitrogen functional groups attached to an aromatic ring is 1. The highest BCUT2D eigenvalue weighted by Crippen LogP contribution is 2.21. The fraction of sp³-hybridized carbons (Fsp3) is 0.417. The highest BCUT2D eigenvalue weighted by Gasteiger charge is 2.08. The number of benzene rings is 1. The van der Waals surface area contributed by atoms with Crippen LogP contribution in [-0.2, 0) is 0 Å². The molecular weight excluding hydrogens is 202 g/mol. The van der Waals surface area contributed by atoms with Crippen LogP contribution in [0.25, 0.3) is 11.1 Å². The summed E-state index contributed by atoms with van der Waals surface area (Å²) < 4.78 is 5.56. The molecule has 0 fully saturated rings. The molecule has 0 spiro atoms. The predicted molar refractivity (Wildman–Crippen MR) is 66.4 cm³/mol. The lowest BCUT2D eigenvalue weighted by atomic mass is 10.2. The van der Waals surface area contributed by atoms with E-state index in [1.54, 1.807) is 6.07 Å². The van der Waals surface area contributed by atoms with Crippen molar-refractivity contribution in [1.29, 1.82) is 0 Å². The third kappa shape index (κ3) is 2.27. The van der Waals surface area contributed by atoms with E-state index >= 15 is 0 Å². The SMILES string of the molecule is CCCC(C)Nc1nc2ccc(N)cc2o1. The van der Waals surface area contributed by atoms with E-state index in [0.29, 0.717) is 17.7 Å². The molecule has 2 rings (SSSR count). The van der Waals surface area contributed by atoms with Crippen molar-refractivity contribution in [2.24, 2.45) is 0 Å². The number of nitrogens with two attached hydrogens (primary N) is 1. The normalized spacial score (nSPS) is 12.9. The number of oxazole rings is 1. The first-order valence-electron chi connectivity index (χ1n) is 5.61. The molecule has 1 unspecified atom stereocenters. The van der Waals surface area contributed by atoms with Crippen molar-refractivity contribution in [1.82, 2.24) is 4.98 Å². The lowest BCUT2D eigenvalue weighted by molar-refractivity contribution is 0.587. The molecule has 0 aliphatic carbocycles. The second kappa shape index (κ2) is 4.43. The Balaban J connectivity index is 2.19. The van der Waals surface area contributed by atoms with Gasteiger partial charge in [-0.25, -0.2) is 0 Å². The van der Waals surface area contributed by atoms with E-state index in [0.717, 1.165) is 23.9 Å². The zero-order valence-electron chi connectivity index (χ0n) is 9.66. The minimum atomic E-state index is 0.371. The van der Waals surface area contributed by atoms with Crippen LogP contribution in [0.3, 0.4) is 0 Å². The summed E-state index contributed by atoms with van der Waals surface area (Å²) in [6.07, 6.45) is 2.24. The standard InChI is InChI=1S/C12H17N3O/c1-3-4-8(2)14-12-15-10-6-5-9(13)7-11(10)16-12/h5-8H,3-4,13H2,1-2H3,(H,14,15). The number of hydrogen-bond donors (Lipinski definition) is 2. The summed E-state index contributed by atoms with van der Waals surface area (Å²) in [5.74, 6) is 0. The monoisotopic (exact) mass is 219 g/mol. The van der Waals surface area contributed by atoms with Crippen LogP contribution in [0.1, 0.15) is 26.7 Å². The van der Waals surface area contributed by atoms with E-state index in [1.807, 2.05) is 12.1 Å². The summed E-state index contributed by atoms with van der Waals surface area (Å²) in [6.45, 7) is 4.28. The smallest absolute Gasteiger partial charge is 0.295 e. The van der Waals surface area contributed by atoms with Crippen LogP contribution in [0.15, 0.2) is 22.6 Å². The molecule has 0 bridgehead atoms. The topological polar surface area (TPSA) is 64.1 Å². The van der Waals surface area contributed by atoms with Crippen LogP contribution < -0.4 is 11.1 Å². The number of fused-ring (bicyclic) bond motifs is 1. The molecule has 1 atom stereocenters. The predicted octanol–water partition coefficient (Wildman–Crippen LogP) is 3.01. The van der Waals surface area contributed by atoms with Gasteiger partial charge in [-0.1, -0.05) is 13.3 Å². The molecule has 4 nitrogen and oxygen atoms in total. The first kappa shape index (κ1) is 10.8. The largest absolute Gasteiger partial charge is 0.423 e. The summed E-state index contributed by atoms with van der Waals surface area (Å²) in [7, 11) is 0. The Kier molecular flexibility index (Phi) is 2.99. The maximum absolute atomic E-state index is 5.67. The Hall–Kier alpha value is -1.71. The number of rotatable bonds is 4. The summed E-state index contributed by atoms with van der Waals surface area (Å²) >= 11 is 0. The third-order valence-electron chi connectivity index (χ3n) is 2.50. The minimum Gasteiger partial charge on any atom is -0.423 e. The highest BCUT2D eigenvalue weighted by molar-refractivity contribution is 5.78. The van der Waals surface area contributed by atoms with Gasteiger partial charge in [-0.05, 0) is 25.5 Å². The van der Waals surface area contributed by atoms with E-state index in [1.165, 1.54) is 0 Å². The molecule has 0 amide bonds. The molecule has 2 aromatic rings. The van der Waals surface area contributed by atoms with Crippen molar-refractivity contribution in [3.63, 3.8) is 0 Å². The van der Waals surface area contributed by atoms with Gasteiger partial charge in [0, 0.05) is 17.8 Å². The lowest BCUT2D eigenvalue weighted by Gasteiger charge is -2.09. The molecule has 0 aliphatic heterocycles. The number of nitrogens with one attached hydrogen (secondary N) is 1. The van der Waals surface area contributed by atoms with E-state index < -0.39 is 0 Å². The molecular formula is C12H17N3O. The third-order valence-corrected chi connectivity index (χ3v) is 2.50. The molecule has 16 heavy (non-hydrogen) atoms. The van der Waals surface area contributed by atoms with Crippen molar-refractivity contribution >= 4 is 22.8 Å². The molecule has 1 aromatic carbocycles. The lowest BCUT2D eigenvalue weighted by Crippen LogP contribution is -2.14. The average Bonchev–Trinajstić information content (AvgIpc) is 2.59. The highest BCUT2D eigenvalue weighted by atomic mass is 16.4. The van der Waals surface area contributed by atoms with Gasteiger partial charge in [0.25, 0.3) is 6.01 Å². The Labute approximate surface area is 94.8 Å². The van der Waals surface area contributed by atoms with Crippen LogP contribution in [0.5, 0.6) is 0 Å². The summed E-state index contributed by atoms with van der Waals surface area (Å²) in [5.41, 5.74) is 7.93. The van der Waals surface area contributed by atoms with E-state index in [4.69, 9.17) is 10.2 Å². The van der Waals surface area contributed by atoms with Gasteiger partial charge < -0.3 is 15.5 Å². The molecule has 0 aliphatic rings. The molecule has 4 heteroatoms.